The molecule has 0 bridgehead atoms. The van der Waals surface area contributed by atoms with Crippen molar-refractivity contribution in [3.8, 4) is 12.1 Å². The van der Waals surface area contributed by atoms with Gasteiger partial charge in [0.15, 0.2) is 17.4 Å². The lowest BCUT2D eigenvalue weighted by molar-refractivity contribution is -0.124. The van der Waals surface area contributed by atoms with E-state index < -0.39 is 46.5 Å². The second-order valence-electron chi connectivity index (χ2n) is 9.79. The van der Waals surface area contributed by atoms with Crippen molar-refractivity contribution in [2.75, 3.05) is 18.1 Å². The van der Waals surface area contributed by atoms with Gasteiger partial charge >= 0.3 is 7.75 Å². The molecule has 3 unspecified atom stereocenters. The molecule has 4 rings (SSSR count). The van der Waals surface area contributed by atoms with E-state index in [1.807, 2.05) is 33.8 Å². The summed E-state index contributed by atoms with van der Waals surface area (Å²) in [5, 5.41) is 18.0. The molecule has 2 aliphatic heterocycles. The summed E-state index contributed by atoms with van der Waals surface area (Å²) >= 11 is 1.02. The van der Waals surface area contributed by atoms with Gasteiger partial charge in [-0.15, -0.1) is 4.08 Å². The molecule has 41 heavy (non-hydrogen) atoms. The number of aromatic amines is 1. The van der Waals surface area contributed by atoms with Gasteiger partial charge in [0, 0.05) is 30.7 Å². The normalized spacial score (nSPS) is 27.4. The number of ether oxygens (including phenoxy) is 1. The van der Waals surface area contributed by atoms with Crippen LogP contribution in [0.2, 0.25) is 0 Å². The second kappa shape index (κ2) is 13.4. The summed E-state index contributed by atoms with van der Waals surface area (Å²) in [6.45, 7) is 8.18. The zero-order chi connectivity index (χ0) is 29.9. The van der Waals surface area contributed by atoms with Gasteiger partial charge in [0.25, 0.3) is 14.1 Å². The maximum absolute atomic E-state index is 12.6. The van der Waals surface area contributed by atoms with Crippen molar-refractivity contribution in [3.05, 3.63) is 16.7 Å². The van der Waals surface area contributed by atoms with Crippen LogP contribution in [0, 0.1) is 22.7 Å². The summed E-state index contributed by atoms with van der Waals surface area (Å²) in [5.41, 5.74) is 5.55. The van der Waals surface area contributed by atoms with Crippen LogP contribution in [0.15, 0.2) is 11.1 Å². The van der Waals surface area contributed by atoms with Crippen LogP contribution in [-0.2, 0) is 22.9 Å². The molecule has 2 aromatic rings. The van der Waals surface area contributed by atoms with Gasteiger partial charge < -0.3 is 24.4 Å². The van der Waals surface area contributed by atoms with Gasteiger partial charge in [-0.25, -0.2) is 14.2 Å². The predicted octanol–water partition coefficient (Wildman–Crippen LogP) is 2.97. The largest absolute Gasteiger partial charge is 0.419 e. The number of imidazole rings is 1. The summed E-state index contributed by atoms with van der Waals surface area (Å²) in [5.74, 6) is 0.188. The Morgan fingerprint density at radius 3 is 2.68 bits per heavy atom. The van der Waals surface area contributed by atoms with E-state index in [1.54, 1.807) is 4.57 Å². The Hall–Kier alpha value is -2.14. The molecular formula is C22H33N9O7P2S. The quantitative estimate of drug-likeness (QED) is 0.165. The van der Waals surface area contributed by atoms with E-state index in [2.05, 4.69) is 25.7 Å². The Balaban J connectivity index is 1.68. The van der Waals surface area contributed by atoms with Crippen LogP contribution < -0.4 is 11.3 Å². The van der Waals surface area contributed by atoms with Crippen LogP contribution in [-0.4, -0.2) is 76.0 Å². The molecule has 2 aromatic heterocycles. The van der Waals surface area contributed by atoms with Crippen LogP contribution in [0.1, 0.15) is 53.2 Å². The maximum Gasteiger partial charge on any atom is 0.419 e. The third-order valence-electron chi connectivity index (χ3n) is 6.19. The molecule has 0 spiro atoms. The van der Waals surface area contributed by atoms with Crippen molar-refractivity contribution in [3.63, 3.8) is 0 Å². The molecule has 6 atom stereocenters. The molecule has 224 valence electrons. The van der Waals surface area contributed by atoms with Crippen LogP contribution in [0.3, 0.4) is 0 Å². The summed E-state index contributed by atoms with van der Waals surface area (Å²) in [6.07, 6.45) is -1.36. The van der Waals surface area contributed by atoms with Crippen molar-refractivity contribution in [1.29, 1.82) is 10.5 Å². The molecule has 2 fully saturated rings. The van der Waals surface area contributed by atoms with E-state index >= 15 is 0 Å². The van der Waals surface area contributed by atoms with E-state index in [9.17, 15) is 14.3 Å². The number of anilines is 1. The van der Waals surface area contributed by atoms with Gasteiger partial charge in [-0.05, 0) is 27.7 Å². The number of H-pyrrole nitrogens is 1. The molecule has 4 heterocycles. The Morgan fingerprint density at radius 1 is 1.34 bits per heavy atom. The highest BCUT2D eigenvalue weighted by Gasteiger charge is 2.59. The Morgan fingerprint density at radius 2 is 2.05 bits per heavy atom. The highest BCUT2D eigenvalue weighted by Crippen LogP contribution is 2.65. The number of rotatable bonds is 13. The smallest absolute Gasteiger partial charge is 0.369 e. The lowest BCUT2D eigenvalue weighted by Crippen LogP contribution is -2.52. The van der Waals surface area contributed by atoms with Crippen molar-refractivity contribution in [2.24, 2.45) is 0 Å². The molecule has 0 aromatic carbocycles. The molecule has 19 heteroatoms. The van der Waals surface area contributed by atoms with Crippen molar-refractivity contribution < 1.29 is 27.8 Å². The molecule has 4 N–H and O–H groups in total. The average molecular weight is 630 g/mol. The fourth-order valence-corrected chi connectivity index (χ4v) is 8.95. The minimum absolute atomic E-state index is 0.0342. The fourth-order valence-electron chi connectivity index (χ4n) is 4.60. The number of hydrogen-bond donors (Lipinski definition) is 3. The average Bonchev–Trinajstić information content (AvgIpc) is 3.49. The SMILES string of the molecule is CC(C)N(C(C)C)P(OCCC#N)O[C@H]1C[C@H](n2cnc3c(=O)[nH]c(N)nc32)O[C@@H]1C1OP(=O)(O)N1SCCC#N. The molecule has 16 nitrogen and oxygen atoms in total. The summed E-state index contributed by atoms with van der Waals surface area (Å²) < 4.78 is 41.9. The highest BCUT2D eigenvalue weighted by molar-refractivity contribution is 8.01. The molecule has 0 amide bonds. The predicted molar refractivity (Wildman–Crippen MR) is 150 cm³/mol. The van der Waals surface area contributed by atoms with Crippen molar-refractivity contribution in [1.82, 2.24) is 28.3 Å². The van der Waals surface area contributed by atoms with E-state index in [-0.39, 0.29) is 60.8 Å². The van der Waals surface area contributed by atoms with Gasteiger partial charge in [-0.2, -0.15) is 15.5 Å². The number of hydrogen-bond acceptors (Lipinski definition) is 13. The minimum atomic E-state index is -4.10. The topological polar surface area (TPSA) is 218 Å². The standard InChI is InChI=1S/C22H33N9O7P2S/c1-13(2)30(14(3)4)39(35-9-5-7-23)37-15-11-16(29-12-26-17-19(29)27-22(25)28-20(17)32)36-18(15)21-31(40(33,34)38-21)41-10-6-8-24/h12-16,18,21H,5-6,9-11H2,1-4H3,(H,33,34)(H3,25,27,28,32)/t15-,16+,18-,21?,39?/m0/s1. The Bertz CT molecular complexity index is 1400. The van der Waals surface area contributed by atoms with Crippen molar-refractivity contribution >= 4 is 45.3 Å². The van der Waals surface area contributed by atoms with Crippen molar-refractivity contribution in [2.45, 2.75) is 83.7 Å². The molecule has 0 aliphatic carbocycles. The molecule has 2 aliphatic rings. The van der Waals surface area contributed by atoms with Gasteiger partial charge in [0.2, 0.25) is 5.95 Å². The number of fused-ring (bicyclic) bond motifs is 1. The van der Waals surface area contributed by atoms with Crippen LogP contribution >= 0.6 is 28.2 Å². The Kier molecular flexibility index (Phi) is 10.4. The third kappa shape index (κ3) is 6.92. The van der Waals surface area contributed by atoms with Gasteiger partial charge in [-0.3, -0.25) is 18.9 Å². The number of nitrogen functional groups attached to an aromatic ring is 1. The minimum Gasteiger partial charge on any atom is -0.369 e. The number of nitrogens with zero attached hydrogens (tertiary/aromatic N) is 7. The number of nitriles is 2. The summed E-state index contributed by atoms with van der Waals surface area (Å²) in [6, 6.07) is 4.15. The first-order valence-electron chi connectivity index (χ1n) is 12.9. The molecular weight excluding hydrogens is 596 g/mol. The lowest BCUT2D eigenvalue weighted by atomic mass is 10.1. The van der Waals surface area contributed by atoms with Gasteiger partial charge in [-0.1, -0.05) is 11.9 Å². The van der Waals surface area contributed by atoms with Crippen LogP contribution in [0.4, 0.5) is 5.95 Å². The fraction of sp³-hybridized carbons (Fsp3) is 0.682. The zero-order valence-electron chi connectivity index (χ0n) is 23.0. The Labute approximate surface area is 242 Å². The maximum atomic E-state index is 12.6. The molecule has 0 saturated carbocycles. The first kappa shape index (κ1) is 31.8. The van der Waals surface area contributed by atoms with Crippen LogP contribution in [0.25, 0.3) is 11.2 Å². The zero-order valence-corrected chi connectivity index (χ0v) is 25.6. The highest BCUT2D eigenvalue weighted by atomic mass is 32.2. The lowest BCUT2D eigenvalue weighted by Gasteiger charge is -2.46. The number of nitrogens with one attached hydrogen (secondary N) is 1. The van der Waals surface area contributed by atoms with Crippen LogP contribution in [0.5, 0.6) is 0 Å². The monoisotopic (exact) mass is 629 g/mol. The van der Waals surface area contributed by atoms with E-state index in [0.29, 0.717) is 0 Å². The van der Waals surface area contributed by atoms with Gasteiger partial charge in [0.1, 0.15) is 18.4 Å². The first-order valence-corrected chi connectivity index (χ1v) is 16.5. The van der Waals surface area contributed by atoms with E-state index in [4.69, 9.17) is 34.6 Å². The number of nitrogens with two attached hydrogens (primary N) is 1. The van der Waals surface area contributed by atoms with E-state index in [1.165, 1.54) is 10.4 Å². The first-order chi connectivity index (χ1) is 19.5. The number of aromatic nitrogens is 4. The molecule has 0 radical (unpaired) electrons. The third-order valence-corrected chi connectivity index (χ3v) is 11.4. The summed E-state index contributed by atoms with van der Waals surface area (Å²) in [7, 11) is -5.80. The van der Waals surface area contributed by atoms with E-state index in [0.717, 1.165) is 11.9 Å². The van der Waals surface area contributed by atoms with Gasteiger partial charge in [0.05, 0.1) is 31.5 Å². The summed E-state index contributed by atoms with van der Waals surface area (Å²) in [4.78, 5) is 33.5. The molecule has 2 saturated heterocycles. The second-order valence-corrected chi connectivity index (χ2v) is 14.1.